The van der Waals surface area contributed by atoms with Crippen LogP contribution in [0.3, 0.4) is 0 Å². The number of rotatable bonds is 17. The Morgan fingerprint density at radius 3 is 1.58 bits per heavy atom. The molecule has 0 spiro atoms. The number of nitrogens with zero attached hydrogens (tertiary/aromatic N) is 10. The van der Waals surface area contributed by atoms with Crippen LogP contribution in [0.2, 0.25) is 5.15 Å². The molecule has 1 saturated heterocycles. The zero-order chi connectivity index (χ0) is 53.6. The number of halogens is 1. The van der Waals surface area contributed by atoms with E-state index in [1.54, 1.807) is 13.2 Å². The highest BCUT2D eigenvalue weighted by Gasteiger charge is 2.31. The van der Waals surface area contributed by atoms with E-state index < -0.39 is 5.60 Å². The summed E-state index contributed by atoms with van der Waals surface area (Å²) in [6, 6.07) is 12.5. The minimum Gasteiger partial charge on any atom is -0.378 e. The second-order valence-electron chi connectivity index (χ2n) is 22.2. The summed E-state index contributed by atoms with van der Waals surface area (Å²) in [5, 5.41) is 9.31. The van der Waals surface area contributed by atoms with Gasteiger partial charge in [-0.2, -0.15) is 0 Å². The molecule has 410 valence electrons. The monoisotopic (exact) mass is 1070 g/mol. The van der Waals surface area contributed by atoms with Crippen molar-refractivity contribution in [3.63, 3.8) is 0 Å². The fourth-order valence-electron chi connectivity index (χ4n) is 9.50. The average molecular weight is 1070 g/mol. The molecule has 6 aromatic heterocycles. The fraction of sp³-hybridized carbons (Fsp3) is 0.618. The lowest BCUT2D eigenvalue weighted by molar-refractivity contribution is -0.121. The lowest BCUT2D eigenvalue weighted by atomic mass is 9.93. The first-order valence-corrected chi connectivity index (χ1v) is 27.7. The van der Waals surface area contributed by atoms with Gasteiger partial charge in [0.2, 0.25) is 35.6 Å². The predicted molar refractivity (Wildman–Crippen MR) is 294 cm³/mol. The Morgan fingerprint density at radius 2 is 1.09 bits per heavy atom. The Bertz CT molecular complexity index is 2980. The number of carbonyl (C=O) groups excluding carboxylic acids is 3. The Balaban J connectivity index is 0.000000140. The molecule has 0 unspecified atom stereocenters. The van der Waals surface area contributed by atoms with Crippen molar-refractivity contribution in [2.45, 2.75) is 173 Å². The lowest BCUT2D eigenvalue weighted by Crippen LogP contribution is -2.36. The van der Waals surface area contributed by atoms with E-state index in [0.717, 1.165) is 123 Å². The minimum absolute atomic E-state index is 0.0729. The molecule has 3 N–H and O–H groups in total. The van der Waals surface area contributed by atoms with E-state index in [-0.39, 0.29) is 29.7 Å². The molecule has 20 nitrogen and oxygen atoms in total. The summed E-state index contributed by atoms with van der Waals surface area (Å²) in [5.41, 5.74) is 5.05. The first kappa shape index (κ1) is 55.0. The number of hydrogen-bond donors (Lipinski definition) is 3. The number of pyridine rings is 3. The molecule has 11 rings (SSSR count). The van der Waals surface area contributed by atoms with E-state index in [4.69, 9.17) is 35.5 Å². The normalized spacial score (nSPS) is 17.4. The van der Waals surface area contributed by atoms with Gasteiger partial charge in [-0.25, -0.2) is 29.9 Å². The van der Waals surface area contributed by atoms with Crippen molar-refractivity contribution < 1.29 is 33.3 Å². The maximum atomic E-state index is 12.5. The van der Waals surface area contributed by atoms with Gasteiger partial charge >= 0.3 is 0 Å². The summed E-state index contributed by atoms with van der Waals surface area (Å²) < 4.78 is 28.3. The van der Waals surface area contributed by atoms with Crippen LogP contribution >= 0.6 is 11.6 Å². The molecular weight excluding hydrogens is 990 g/mol. The van der Waals surface area contributed by atoms with Crippen LogP contribution in [-0.4, -0.2) is 125 Å². The van der Waals surface area contributed by atoms with Crippen LogP contribution < -0.4 is 20.9 Å². The zero-order valence-corrected chi connectivity index (χ0v) is 46.1. The van der Waals surface area contributed by atoms with Gasteiger partial charge in [0.05, 0.1) is 63.0 Å². The molecule has 21 heteroatoms. The molecular formula is C55H76ClN13O7. The molecule has 3 amide bonds. The Kier molecular flexibility index (Phi) is 17.5. The van der Waals surface area contributed by atoms with Crippen LogP contribution in [0.5, 0.6) is 0 Å². The van der Waals surface area contributed by atoms with Crippen molar-refractivity contribution in [2.24, 2.45) is 0 Å². The highest BCUT2D eigenvalue weighted by atomic mass is 35.5. The smallest absolute Gasteiger partial charge is 0.229 e. The lowest BCUT2D eigenvalue weighted by Gasteiger charge is -2.30. The average Bonchev–Trinajstić information content (AvgIpc) is 3.98. The van der Waals surface area contributed by atoms with Crippen molar-refractivity contribution >= 4 is 86.5 Å². The van der Waals surface area contributed by atoms with Gasteiger partial charge in [-0.3, -0.25) is 44.0 Å². The topological polar surface area (TPSA) is 220 Å². The minimum atomic E-state index is -0.494. The fourth-order valence-corrected chi connectivity index (χ4v) is 9.64. The van der Waals surface area contributed by atoms with E-state index in [0.29, 0.717) is 73.3 Å². The van der Waals surface area contributed by atoms with Gasteiger partial charge in [-0.05, 0) is 155 Å². The highest BCUT2D eigenvalue weighted by Crippen LogP contribution is 2.40. The largest absolute Gasteiger partial charge is 0.378 e. The summed E-state index contributed by atoms with van der Waals surface area (Å²) >= 11 is 6.03. The number of carbonyl (C=O) groups is 3. The van der Waals surface area contributed by atoms with Crippen LogP contribution in [-0.2, 0) is 33.3 Å². The van der Waals surface area contributed by atoms with Crippen LogP contribution in [0.15, 0.2) is 36.4 Å². The van der Waals surface area contributed by atoms with Crippen LogP contribution in [0.25, 0.3) is 33.5 Å². The third kappa shape index (κ3) is 13.7. The van der Waals surface area contributed by atoms with Crippen molar-refractivity contribution in [2.75, 3.05) is 67.5 Å². The second-order valence-corrected chi connectivity index (χ2v) is 22.6. The summed E-state index contributed by atoms with van der Waals surface area (Å²) in [4.78, 5) is 67.0. The quantitative estimate of drug-likeness (QED) is 0.0724. The standard InChI is InChI=1S/C21H31N5O3.C17H21ClN4O2.C17H24N4O2/c1-21(2,3)29-12-9-18(27)24-20-22-16-7-8-17(25-10-13-28-14-11-25)23-19(16)26(20)15-5-4-6-15;18-14-8-7-13-16(20-14)22(11-3-1-4-11)17(19-13)21-15(23)9-10-24-12-5-2-6-12;1-11-8-9-13-15(18-11)21(12-6-5-7-12)16(19-13)20-14(22)10-17(2,3)23-4/h7-8,15H,4-6,9-14H2,1-3H3,(H,22,24,27);7-8,11-12H,1-6,9-10H2,(H,19,21,23);8-9,12H,5-7,10H2,1-4H3,(H,19,20,22). The maximum absolute atomic E-state index is 12.5. The zero-order valence-electron chi connectivity index (χ0n) is 45.3. The number of nitrogens with one attached hydrogen (secondary N) is 3. The Morgan fingerprint density at radius 1 is 0.618 bits per heavy atom. The van der Waals surface area contributed by atoms with Crippen molar-refractivity contribution in [1.29, 1.82) is 0 Å². The summed E-state index contributed by atoms with van der Waals surface area (Å²) in [7, 11) is 1.61. The predicted octanol–water partition coefficient (Wildman–Crippen LogP) is 10.1. The molecule has 76 heavy (non-hydrogen) atoms. The first-order valence-electron chi connectivity index (χ1n) is 27.3. The SMILES string of the molecule is CC(C)(C)OCCC(=O)Nc1nc2ccc(N3CCOCC3)nc2n1C1CCC1.COC(C)(C)CC(=O)Nc1nc2ccc(C)nc2n1C1CCC1.O=C(CCOC1CCC1)Nc1nc2ccc(Cl)nc2n1C1CCC1. The van der Waals surface area contributed by atoms with E-state index >= 15 is 0 Å². The molecule has 5 aliphatic rings. The summed E-state index contributed by atoms with van der Waals surface area (Å²) in [6.45, 7) is 15.7. The van der Waals surface area contributed by atoms with Gasteiger partial charge in [0.1, 0.15) is 27.5 Å². The Hall–Kier alpha value is -5.80. The second kappa shape index (κ2) is 24.3. The number of imidazole rings is 3. The summed E-state index contributed by atoms with van der Waals surface area (Å²) in [6.07, 6.45) is 14.9. The van der Waals surface area contributed by atoms with Crippen LogP contribution in [0.4, 0.5) is 23.7 Å². The number of anilines is 4. The van der Waals surface area contributed by atoms with E-state index in [1.165, 1.54) is 25.7 Å². The third-order valence-electron chi connectivity index (χ3n) is 14.8. The number of fused-ring (bicyclic) bond motifs is 3. The molecule has 0 bridgehead atoms. The van der Waals surface area contributed by atoms with Gasteiger partial charge in [0, 0.05) is 44.0 Å². The van der Waals surface area contributed by atoms with E-state index in [2.05, 4.69) is 54.9 Å². The maximum Gasteiger partial charge on any atom is 0.229 e. The highest BCUT2D eigenvalue weighted by molar-refractivity contribution is 6.29. The number of morpholine rings is 1. The van der Waals surface area contributed by atoms with Gasteiger partial charge < -0.3 is 23.8 Å². The van der Waals surface area contributed by atoms with Crippen LogP contribution in [0.1, 0.15) is 155 Å². The Labute approximate surface area is 449 Å². The van der Waals surface area contributed by atoms with E-state index in [9.17, 15) is 14.4 Å². The molecule has 0 atom stereocenters. The molecule has 7 heterocycles. The number of amides is 3. The molecule has 4 saturated carbocycles. The molecule has 4 aliphatic carbocycles. The van der Waals surface area contributed by atoms with Crippen LogP contribution in [0, 0.1) is 6.92 Å². The van der Waals surface area contributed by atoms with Crippen molar-refractivity contribution in [3.05, 3.63) is 47.2 Å². The number of methoxy groups -OCH3 is 1. The molecule has 5 fully saturated rings. The molecule has 1 aliphatic heterocycles. The number of hydrogen-bond acceptors (Lipinski definition) is 14. The number of aryl methyl sites for hydroxylation is 1. The summed E-state index contributed by atoms with van der Waals surface area (Å²) in [5.74, 6) is 2.45. The number of ether oxygens (including phenoxy) is 4. The molecule has 0 radical (unpaired) electrons. The van der Waals surface area contributed by atoms with Crippen molar-refractivity contribution in [3.8, 4) is 0 Å². The number of aromatic nitrogens is 9. The van der Waals surface area contributed by atoms with Gasteiger partial charge in [0.25, 0.3) is 0 Å². The first-order chi connectivity index (χ1) is 36.5. The molecule has 6 aromatic rings. The van der Waals surface area contributed by atoms with Gasteiger partial charge in [-0.15, -0.1) is 0 Å². The van der Waals surface area contributed by atoms with E-state index in [1.807, 2.05) is 76.4 Å². The molecule has 0 aromatic carbocycles. The van der Waals surface area contributed by atoms with Gasteiger partial charge in [-0.1, -0.05) is 11.6 Å². The van der Waals surface area contributed by atoms with Crippen molar-refractivity contribution in [1.82, 2.24) is 43.6 Å². The third-order valence-corrected chi connectivity index (χ3v) is 15.1. The van der Waals surface area contributed by atoms with Gasteiger partial charge in [0.15, 0.2) is 16.9 Å².